The molecule has 6 heteroatoms. The second kappa shape index (κ2) is 7.35. The Morgan fingerprint density at radius 3 is 2.67 bits per heavy atom. The smallest absolute Gasteiger partial charge is 0.240 e. The van der Waals surface area contributed by atoms with E-state index < -0.39 is 10.0 Å². The lowest BCUT2D eigenvalue weighted by molar-refractivity contribution is 0.202. The first-order valence-corrected chi connectivity index (χ1v) is 8.82. The molecule has 1 aliphatic rings. The van der Waals surface area contributed by atoms with E-state index in [1.807, 2.05) is 12.1 Å². The summed E-state index contributed by atoms with van der Waals surface area (Å²) in [5, 5.41) is 3.27. The molecule has 1 heterocycles. The van der Waals surface area contributed by atoms with Crippen molar-refractivity contribution < 1.29 is 13.2 Å². The molecule has 1 aliphatic heterocycles. The van der Waals surface area contributed by atoms with Gasteiger partial charge in [-0.2, -0.15) is 0 Å². The van der Waals surface area contributed by atoms with Crippen molar-refractivity contribution in [3.05, 3.63) is 29.8 Å². The summed E-state index contributed by atoms with van der Waals surface area (Å²) in [5.74, 6) is 0.300. The molecule has 21 heavy (non-hydrogen) atoms. The molecule has 0 bridgehead atoms. The molecular formula is C15H24N2O3S. The van der Waals surface area contributed by atoms with Crippen LogP contribution in [0.3, 0.4) is 0 Å². The largest absolute Gasteiger partial charge is 0.384 e. The second-order valence-electron chi connectivity index (χ2n) is 5.58. The van der Waals surface area contributed by atoms with Crippen molar-refractivity contribution >= 4 is 10.0 Å². The summed E-state index contributed by atoms with van der Waals surface area (Å²) in [6.45, 7) is 4.40. The molecule has 1 fully saturated rings. The highest BCUT2D eigenvalue weighted by atomic mass is 32.2. The Morgan fingerprint density at radius 1 is 1.33 bits per heavy atom. The standard InChI is InChI=1S/C15H24N2O3S/c1-12-11-16-9-7-15(12)17-21(18,19)14-5-3-13(4-6-14)8-10-20-2/h3-6,12,15-17H,7-11H2,1-2H3. The third-order valence-electron chi connectivity index (χ3n) is 3.92. The molecule has 0 saturated carbocycles. The summed E-state index contributed by atoms with van der Waals surface area (Å²) in [6.07, 6.45) is 1.61. The number of ether oxygens (including phenoxy) is 1. The van der Waals surface area contributed by atoms with Gasteiger partial charge >= 0.3 is 0 Å². The lowest BCUT2D eigenvalue weighted by Gasteiger charge is -2.29. The Labute approximate surface area is 127 Å². The number of benzene rings is 1. The highest BCUT2D eigenvalue weighted by molar-refractivity contribution is 7.89. The van der Waals surface area contributed by atoms with Crippen LogP contribution in [0.4, 0.5) is 0 Å². The van der Waals surface area contributed by atoms with Crippen molar-refractivity contribution in [2.24, 2.45) is 5.92 Å². The average molecular weight is 312 g/mol. The van der Waals surface area contributed by atoms with Crippen LogP contribution in [0, 0.1) is 5.92 Å². The molecule has 5 nitrogen and oxygen atoms in total. The minimum absolute atomic E-state index is 0.00409. The van der Waals surface area contributed by atoms with E-state index in [1.54, 1.807) is 19.2 Å². The van der Waals surface area contributed by atoms with Gasteiger partial charge in [-0.3, -0.25) is 0 Å². The fraction of sp³-hybridized carbons (Fsp3) is 0.600. The number of hydrogen-bond donors (Lipinski definition) is 2. The van der Waals surface area contributed by atoms with Gasteiger partial charge in [0.05, 0.1) is 11.5 Å². The zero-order chi connectivity index (χ0) is 15.3. The van der Waals surface area contributed by atoms with Crippen molar-refractivity contribution in [3.63, 3.8) is 0 Å². The normalized spacial score (nSPS) is 23.1. The molecule has 2 N–H and O–H groups in total. The predicted octanol–water partition coefficient (Wildman–Crippen LogP) is 1.15. The molecule has 2 atom stereocenters. The maximum Gasteiger partial charge on any atom is 0.240 e. The average Bonchev–Trinajstić information content (AvgIpc) is 2.48. The molecule has 1 aromatic rings. The van der Waals surface area contributed by atoms with Crippen molar-refractivity contribution in [2.45, 2.75) is 30.7 Å². The monoisotopic (exact) mass is 312 g/mol. The summed E-state index contributed by atoms with van der Waals surface area (Å²) < 4.78 is 32.7. The van der Waals surface area contributed by atoms with Gasteiger partial charge < -0.3 is 10.1 Å². The first-order chi connectivity index (χ1) is 10.0. The van der Waals surface area contributed by atoms with Gasteiger partial charge in [0.15, 0.2) is 0 Å². The maximum absolute atomic E-state index is 12.4. The summed E-state index contributed by atoms with van der Waals surface area (Å²) in [4.78, 5) is 0.328. The minimum Gasteiger partial charge on any atom is -0.384 e. The molecule has 2 unspecified atom stereocenters. The van der Waals surface area contributed by atoms with Gasteiger partial charge in [0.2, 0.25) is 10.0 Å². The molecule has 0 radical (unpaired) electrons. The Hall–Kier alpha value is -0.950. The molecular weight excluding hydrogens is 288 g/mol. The Balaban J connectivity index is 2.04. The number of sulfonamides is 1. The minimum atomic E-state index is -3.44. The SMILES string of the molecule is COCCc1ccc(S(=O)(=O)NC2CCNCC2C)cc1. The van der Waals surface area contributed by atoms with E-state index in [4.69, 9.17) is 4.74 Å². The topological polar surface area (TPSA) is 67.4 Å². The van der Waals surface area contributed by atoms with Gasteiger partial charge in [-0.15, -0.1) is 0 Å². The van der Waals surface area contributed by atoms with E-state index >= 15 is 0 Å². The van der Waals surface area contributed by atoms with E-state index in [0.29, 0.717) is 17.4 Å². The first kappa shape index (κ1) is 16.4. The van der Waals surface area contributed by atoms with Gasteiger partial charge in [0, 0.05) is 13.2 Å². The van der Waals surface area contributed by atoms with Crippen LogP contribution in [0.1, 0.15) is 18.9 Å². The fourth-order valence-corrected chi connectivity index (χ4v) is 3.89. The van der Waals surface area contributed by atoms with Gasteiger partial charge in [0.1, 0.15) is 0 Å². The molecule has 2 rings (SSSR count). The quantitative estimate of drug-likeness (QED) is 0.827. The summed E-state index contributed by atoms with van der Waals surface area (Å²) in [5.41, 5.74) is 1.08. The highest BCUT2D eigenvalue weighted by Gasteiger charge is 2.26. The van der Waals surface area contributed by atoms with Gasteiger partial charge in [-0.05, 0) is 49.5 Å². The Morgan fingerprint density at radius 2 is 2.05 bits per heavy atom. The maximum atomic E-state index is 12.4. The summed E-state index contributed by atoms with van der Waals surface area (Å²) in [6, 6.07) is 7.03. The Kier molecular flexibility index (Phi) is 5.75. The third-order valence-corrected chi connectivity index (χ3v) is 5.43. The number of methoxy groups -OCH3 is 1. The van der Waals surface area contributed by atoms with Crippen molar-refractivity contribution in [1.29, 1.82) is 0 Å². The van der Waals surface area contributed by atoms with Crippen LogP contribution in [0.25, 0.3) is 0 Å². The van der Waals surface area contributed by atoms with E-state index in [1.165, 1.54) is 0 Å². The van der Waals surface area contributed by atoms with Crippen LogP contribution in [0.15, 0.2) is 29.2 Å². The van der Waals surface area contributed by atoms with E-state index in [0.717, 1.165) is 31.5 Å². The van der Waals surface area contributed by atoms with Crippen molar-refractivity contribution in [2.75, 3.05) is 26.8 Å². The molecule has 0 amide bonds. The summed E-state index contributed by atoms with van der Waals surface area (Å²) >= 11 is 0. The predicted molar refractivity (Wildman–Crippen MR) is 82.8 cm³/mol. The molecule has 1 aromatic carbocycles. The molecule has 0 aromatic heterocycles. The lowest BCUT2D eigenvalue weighted by Crippen LogP contribution is -2.48. The van der Waals surface area contributed by atoms with Gasteiger partial charge in [-0.1, -0.05) is 19.1 Å². The Bertz CT molecular complexity index is 543. The summed E-state index contributed by atoms with van der Waals surface area (Å²) in [7, 11) is -1.78. The zero-order valence-electron chi connectivity index (χ0n) is 12.6. The molecule has 1 saturated heterocycles. The van der Waals surface area contributed by atoms with Crippen molar-refractivity contribution in [1.82, 2.24) is 10.0 Å². The van der Waals surface area contributed by atoms with Crippen LogP contribution >= 0.6 is 0 Å². The number of hydrogen-bond acceptors (Lipinski definition) is 4. The van der Waals surface area contributed by atoms with Crippen LogP contribution in [-0.4, -0.2) is 41.3 Å². The molecule has 0 spiro atoms. The molecule has 0 aliphatic carbocycles. The second-order valence-corrected chi connectivity index (χ2v) is 7.30. The van der Waals surface area contributed by atoms with Crippen LogP contribution in [0.2, 0.25) is 0 Å². The highest BCUT2D eigenvalue weighted by Crippen LogP contribution is 2.16. The van der Waals surface area contributed by atoms with Crippen LogP contribution in [-0.2, 0) is 21.2 Å². The van der Waals surface area contributed by atoms with Crippen molar-refractivity contribution in [3.8, 4) is 0 Å². The van der Waals surface area contributed by atoms with E-state index in [9.17, 15) is 8.42 Å². The molecule has 118 valence electrons. The number of rotatable bonds is 6. The van der Waals surface area contributed by atoms with E-state index in [2.05, 4.69) is 17.0 Å². The number of piperidine rings is 1. The van der Waals surface area contributed by atoms with Gasteiger partial charge in [0.25, 0.3) is 0 Å². The van der Waals surface area contributed by atoms with Crippen LogP contribution in [0.5, 0.6) is 0 Å². The van der Waals surface area contributed by atoms with E-state index in [-0.39, 0.29) is 6.04 Å². The van der Waals surface area contributed by atoms with Gasteiger partial charge in [-0.25, -0.2) is 13.1 Å². The number of nitrogens with one attached hydrogen (secondary N) is 2. The first-order valence-electron chi connectivity index (χ1n) is 7.34. The third kappa shape index (κ3) is 4.51. The van der Waals surface area contributed by atoms with Crippen LogP contribution < -0.4 is 10.0 Å². The zero-order valence-corrected chi connectivity index (χ0v) is 13.4. The lowest BCUT2D eigenvalue weighted by atomic mass is 9.97. The fourth-order valence-electron chi connectivity index (χ4n) is 2.51.